The molecule has 1 aromatic rings. The molecule has 4 nitrogen and oxygen atoms in total. The summed E-state index contributed by atoms with van der Waals surface area (Å²) in [5.41, 5.74) is 0.477. The van der Waals surface area contributed by atoms with Gasteiger partial charge >= 0.3 is 11.9 Å². The first-order valence-corrected chi connectivity index (χ1v) is 10.7. The van der Waals surface area contributed by atoms with Crippen molar-refractivity contribution in [1.82, 2.24) is 0 Å². The van der Waals surface area contributed by atoms with Crippen molar-refractivity contribution in [1.29, 1.82) is 0 Å². The number of hydrogen-bond donors (Lipinski definition) is 0. The van der Waals surface area contributed by atoms with Crippen molar-refractivity contribution in [3.05, 3.63) is 35.4 Å². The maximum absolute atomic E-state index is 11.5. The molecular weight excluding hydrogens is 335 g/mol. The predicted octanol–water partition coefficient (Wildman–Crippen LogP) is 5.31. The fourth-order valence-electron chi connectivity index (χ4n) is 1.99. The second kappa shape index (κ2) is 16.1. The summed E-state index contributed by atoms with van der Waals surface area (Å²) in [6, 6.07) is 6.44. The third-order valence-corrected chi connectivity index (χ3v) is 4.75. The highest BCUT2D eigenvalue weighted by Crippen LogP contribution is 2.14. The third-order valence-electron chi connectivity index (χ3n) is 3.33. The zero-order valence-electron chi connectivity index (χ0n) is 16.1. The van der Waals surface area contributed by atoms with Gasteiger partial charge in [0, 0.05) is 0 Å². The van der Waals surface area contributed by atoms with Gasteiger partial charge in [0.25, 0.3) is 0 Å². The molecule has 142 valence electrons. The van der Waals surface area contributed by atoms with Crippen LogP contribution < -0.4 is 0 Å². The lowest BCUT2D eigenvalue weighted by atomic mass is 10.1. The standard InChI is InChI=1S/C12H14O4.C8H19P/c1-3-15-11(13)9-7-5-6-8-10(9)12(14)16-4-2;1-3-5-7-9-8-6-4-2/h5-8H,3-4H2,1-2H3;9H,3-8H2,1-2H3. The quantitative estimate of drug-likeness (QED) is 0.319. The van der Waals surface area contributed by atoms with E-state index in [0.717, 1.165) is 0 Å². The number of hydrogen-bond acceptors (Lipinski definition) is 4. The van der Waals surface area contributed by atoms with Crippen molar-refractivity contribution in [3.63, 3.8) is 0 Å². The van der Waals surface area contributed by atoms with E-state index >= 15 is 0 Å². The number of unbranched alkanes of at least 4 members (excludes halogenated alkanes) is 2. The molecule has 0 aliphatic carbocycles. The highest BCUT2D eigenvalue weighted by molar-refractivity contribution is 7.37. The third kappa shape index (κ3) is 10.9. The summed E-state index contributed by atoms with van der Waals surface area (Å²) in [5.74, 6) is -1.02. The van der Waals surface area contributed by atoms with Crippen LogP contribution >= 0.6 is 8.58 Å². The minimum atomic E-state index is -0.508. The summed E-state index contributed by atoms with van der Waals surface area (Å²) >= 11 is 0. The molecule has 0 radical (unpaired) electrons. The molecule has 0 spiro atoms. The van der Waals surface area contributed by atoms with E-state index in [4.69, 9.17) is 9.47 Å². The number of rotatable bonds is 10. The summed E-state index contributed by atoms with van der Waals surface area (Å²) in [7, 11) is 1.25. The van der Waals surface area contributed by atoms with E-state index in [0.29, 0.717) is 0 Å². The van der Waals surface area contributed by atoms with E-state index < -0.39 is 11.9 Å². The molecule has 1 rings (SSSR count). The summed E-state index contributed by atoms with van der Waals surface area (Å²) in [5, 5.41) is 0. The number of benzene rings is 1. The van der Waals surface area contributed by atoms with Gasteiger partial charge in [0.05, 0.1) is 24.3 Å². The van der Waals surface area contributed by atoms with Gasteiger partial charge in [-0.1, -0.05) is 38.8 Å². The topological polar surface area (TPSA) is 52.6 Å². The van der Waals surface area contributed by atoms with Gasteiger partial charge in [0.15, 0.2) is 0 Å². The van der Waals surface area contributed by atoms with Gasteiger partial charge in [-0.2, -0.15) is 0 Å². The monoisotopic (exact) mass is 368 g/mol. The van der Waals surface area contributed by atoms with Crippen molar-refractivity contribution in [2.75, 3.05) is 25.5 Å². The van der Waals surface area contributed by atoms with Crippen molar-refractivity contribution in [2.24, 2.45) is 0 Å². The minimum absolute atomic E-state index is 0.239. The van der Waals surface area contributed by atoms with Gasteiger partial charge in [-0.3, -0.25) is 0 Å². The van der Waals surface area contributed by atoms with E-state index in [1.165, 1.54) is 46.6 Å². The molecule has 0 aromatic heterocycles. The molecule has 0 aliphatic heterocycles. The lowest BCUT2D eigenvalue weighted by molar-refractivity contribution is 0.0479. The Balaban J connectivity index is 0.000000547. The Hall–Kier alpha value is -1.41. The van der Waals surface area contributed by atoms with Gasteiger partial charge < -0.3 is 9.47 Å². The lowest BCUT2D eigenvalue weighted by Crippen LogP contribution is -2.13. The maximum Gasteiger partial charge on any atom is 0.338 e. The first kappa shape index (κ1) is 23.6. The highest BCUT2D eigenvalue weighted by Gasteiger charge is 2.17. The zero-order valence-corrected chi connectivity index (χ0v) is 17.1. The fraction of sp³-hybridized carbons (Fsp3) is 0.600. The molecule has 0 aliphatic rings. The molecular formula is C20H33O4P. The SMILES string of the molecule is CCCCPCCCC.CCOC(=O)c1ccccc1C(=O)OCC. The molecule has 25 heavy (non-hydrogen) atoms. The van der Waals surface area contributed by atoms with E-state index in [1.807, 2.05) is 0 Å². The van der Waals surface area contributed by atoms with Gasteiger partial charge in [-0.05, 0) is 51.1 Å². The molecule has 0 saturated heterocycles. The largest absolute Gasteiger partial charge is 0.462 e. The van der Waals surface area contributed by atoms with Crippen LogP contribution in [-0.2, 0) is 9.47 Å². The first-order chi connectivity index (χ1) is 12.1. The predicted molar refractivity (Wildman–Crippen MR) is 106 cm³/mol. The zero-order chi connectivity index (χ0) is 18.9. The van der Waals surface area contributed by atoms with Crippen LogP contribution in [0.3, 0.4) is 0 Å². The average molecular weight is 368 g/mol. The Morgan fingerprint density at radius 2 is 1.20 bits per heavy atom. The smallest absolute Gasteiger partial charge is 0.338 e. The Kier molecular flexibility index (Phi) is 15.2. The second-order valence-corrected chi connectivity index (χ2v) is 6.94. The van der Waals surface area contributed by atoms with Crippen LogP contribution in [0.2, 0.25) is 0 Å². The maximum atomic E-state index is 11.5. The molecule has 1 aromatic carbocycles. The molecule has 0 heterocycles. The van der Waals surface area contributed by atoms with Gasteiger partial charge in [0.2, 0.25) is 0 Å². The highest BCUT2D eigenvalue weighted by atomic mass is 31.1. The van der Waals surface area contributed by atoms with Crippen LogP contribution in [0.15, 0.2) is 24.3 Å². The normalized spacial score (nSPS) is 9.76. The Morgan fingerprint density at radius 3 is 1.52 bits per heavy atom. The van der Waals surface area contributed by atoms with Crippen molar-refractivity contribution < 1.29 is 19.1 Å². The number of ether oxygens (including phenoxy) is 2. The summed E-state index contributed by atoms with van der Waals surface area (Å²) in [6.45, 7) is 8.51. The van der Waals surface area contributed by atoms with Crippen LogP contribution in [0.1, 0.15) is 74.1 Å². The molecule has 0 N–H and O–H groups in total. The first-order valence-electron chi connectivity index (χ1n) is 9.26. The Morgan fingerprint density at radius 1 is 0.800 bits per heavy atom. The van der Waals surface area contributed by atoms with Gasteiger partial charge in [0.1, 0.15) is 0 Å². The lowest BCUT2D eigenvalue weighted by Gasteiger charge is -2.07. The van der Waals surface area contributed by atoms with Crippen molar-refractivity contribution in [3.8, 4) is 0 Å². The average Bonchev–Trinajstić information content (AvgIpc) is 2.62. The van der Waals surface area contributed by atoms with Crippen LogP contribution in [0, 0.1) is 0 Å². The summed E-state index contributed by atoms with van der Waals surface area (Å²) in [6.07, 6.45) is 8.61. The number of carbonyl (C=O) groups excluding carboxylic acids is 2. The Labute approximate surface area is 154 Å². The number of esters is 2. The summed E-state index contributed by atoms with van der Waals surface area (Å²) in [4.78, 5) is 23.1. The van der Waals surface area contributed by atoms with E-state index in [1.54, 1.807) is 38.1 Å². The number of carbonyl (C=O) groups is 2. The molecule has 0 fully saturated rings. The second-order valence-electron chi connectivity index (χ2n) is 5.44. The van der Waals surface area contributed by atoms with Crippen LogP contribution in [0.25, 0.3) is 0 Å². The van der Waals surface area contributed by atoms with Gasteiger partial charge in [-0.15, -0.1) is 8.58 Å². The van der Waals surface area contributed by atoms with Crippen LogP contribution in [0.4, 0.5) is 0 Å². The van der Waals surface area contributed by atoms with E-state index in [9.17, 15) is 9.59 Å². The van der Waals surface area contributed by atoms with Crippen LogP contribution in [-0.4, -0.2) is 37.5 Å². The molecule has 5 heteroatoms. The molecule has 0 saturated carbocycles. The van der Waals surface area contributed by atoms with E-state index in [-0.39, 0.29) is 24.3 Å². The van der Waals surface area contributed by atoms with E-state index in [2.05, 4.69) is 13.8 Å². The van der Waals surface area contributed by atoms with Crippen LogP contribution in [0.5, 0.6) is 0 Å². The van der Waals surface area contributed by atoms with Crippen molar-refractivity contribution >= 4 is 20.5 Å². The minimum Gasteiger partial charge on any atom is -0.462 e. The fourth-order valence-corrected chi connectivity index (χ4v) is 3.44. The Bertz CT molecular complexity index is 445. The van der Waals surface area contributed by atoms with Gasteiger partial charge in [-0.25, -0.2) is 9.59 Å². The molecule has 0 unspecified atom stereocenters. The molecule has 0 amide bonds. The molecule has 0 bridgehead atoms. The van der Waals surface area contributed by atoms with Crippen molar-refractivity contribution in [2.45, 2.75) is 53.4 Å². The molecule has 0 atom stereocenters. The summed E-state index contributed by atoms with van der Waals surface area (Å²) < 4.78 is 9.70.